The molecule has 0 aromatic heterocycles. The van der Waals surface area contributed by atoms with E-state index in [-0.39, 0.29) is 0 Å². The second kappa shape index (κ2) is 8.12. The van der Waals surface area contributed by atoms with Crippen LogP contribution < -0.4 is 15.6 Å². The molecule has 0 atom stereocenters. The molecule has 2 aromatic rings. The lowest BCUT2D eigenvalue weighted by atomic mass is 9.99. The lowest BCUT2D eigenvalue weighted by Gasteiger charge is -2.30. The van der Waals surface area contributed by atoms with Crippen LogP contribution in [0.5, 0.6) is 0 Å². The van der Waals surface area contributed by atoms with Crippen molar-refractivity contribution in [3.05, 3.63) is 59.2 Å². The molecular weight excluding hydrogens is 328 g/mol. The molecule has 0 saturated heterocycles. The highest BCUT2D eigenvalue weighted by Crippen LogP contribution is 2.27. The summed E-state index contributed by atoms with van der Waals surface area (Å²) < 4.78 is 0. The summed E-state index contributed by atoms with van der Waals surface area (Å²) in [6.07, 6.45) is 4.16. The summed E-state index contributed by atoms with van der Waals surface area (Å²) in [6, 6.07) is 14.6. The molecule has 0 fully saturated rings. The van der Waals surface area contributed by atoms with E-state index in [4.69, 9.17) is 12.2 Å². The summed E-state index contributed by atoms with van der Waals surface area (Å²) in [6.45, 7) is 6.47. The number of fused-ring (bicyclic) bond motifs is 1. The number of aryl methyl sites for hydroxylation is 2. The molecule has 4 nitrogen and oxygen atoms in total. The average molecular weight is 353 g/mol. The maximum atomic E-state index is 5.27. The average Bonchev–Trinajstić information content (AvgIpc) is 2.63. The molecule has 0 bridgehead atoms. The first kappa shape index (κ1) is 17.4. The zero-order valence-electron chi connectivity index (χ0n) is 14.7. The lowest BCUT2D eigenvalue weighted by Crippen LogP contribution is -2.28. The van der Waals surface area contributed by atoms with Crippen molar-refractivity contribution < 1.29 is 0 Å². The Kier molecular flexibility index (Phi) is 5.66. The fourth-order valence-corrected chi connectivity index (χ4v) is 3.24. The van der Waals surface area contributed by atoms with Crippen molar-refractivity contribution in [2.75, 3.05) is 23.3 Å². The monoisotopic (exact) mass is 352 g/mol. The third-order valence-electron chi connectivity index (χ3n) is 4.39. The van der Waals surface area contributed by atoms with Gasteiger partial charge in [-0.05, 0) is 74.3 Å². The number of hydrogen-bond donors (Lipinski definition) is 2. The largest absolute Gasteiger partial charge is 0.372 e. The van der Waals surface area contributed by atoms with Gasteiger partial charge in [-0.15, -0.1) is 0 Å². The number of nitrogens with zero attached hydrogens (tertiary/aromatic N) is 2. The van der Waals surface area contributed by atoms with E-state index >= 15 is 0 Å². The number of benzene rings is 2. The molecule has 0 amide bonds. The van der Waals surface area contributed by atoms with E-state index in [2.05, 4.69) is 52.8 Å². The van der Waals surface area contributed by atoms with Gasteiger partial charge in [0.1, 0.15) is 0 Å². The summed E-state index contributed by atoms with van der Waals surface area (Å²) in [4.78, 5) is 2.43. The quantitative estimate of drug-likeness (QED) is 0.494. The van der Waals surface area contributed by atoms with Crippen LogP contribution in [0.4, 0.5) is 11.4 Å². The Hall–Kier alpha value is -2.40. The smallest absolute Gasteiger partial charge is 0.191 e. The van der Waals surface area contributed by atoms with Crippen LogP contribution in [0.3, 0.4) is 0 Å². The third kappa shape index (κ3) is 4.57. The van der Waals surface area contributed by atoms with E-state index < -0.39 is 0 Å². The highest BCUT2D eigenvalue weighted by atomic mass is 32.1. The van der Waals surface area contributed by atoms with Gasteiger partial charge >= 0.3 is 0 Å². The van der Waals surface area contributed by atoms with Gasteiger partial charge in [0, 0.05) is 24.5 Å². The molecule has 130 valence electrons. The number of anilines is 2. The van der Waals surface area contributed by atoms with Crippen LogP contribution >= 0.6 is 12.2 Å². The Morgan fingerprint density at radius 1 is 1.24 bits per heavy atom. The number of rotatable bonds is 4. The number of nitrogens with one attached hydrogen (secondary N) is 2. The summed E-state index contributed by atoms with van der Waals surface area (Å²) >= 11 is 5.27. The first-order valence-corrected chi connectivity index (χ1v) is 9.11. The van der Waals surface area contributed by atoms with E-state index in [0.717, 1.165) is 30.8 Å². The summed E-state index contributed by atoms with van der Waals surface area (Å²) in [7, 11) is 0. The zero-order valence-corrected chi connectivity index (χ0v) is 15.6. The van der Waals surface area contributed by atoms with Gasteiger partial charge in [-0.3, -0.25) is 5.43 Å². The Morgan fingerprint density at radius 2 is 2.04 bits per heavy atom. The van der Waals surface area contributed by atoms with Gasteiger partial charge in [-0.25, -0.2) is 0 Å². The maximum absolute atomic E-state index is 5.27. The zero-order chi connectivity index (χ0) is 17.6. The molecule has 1 aliphatic heterocycles. The van der Waals surface area contributed by atoms with E-state index in [9.17, 15) is 0 Å². The van der Waals surface area contributed by atoms with Crippen molar-refractivity contribution in [2.24, 2.45) is 5.10 Å². The number of hydrazone groups is 1. The molecule has 1 aliphatic rings. The minimum atomic E-state index is 0.482. The molecule has 3 rings (SSSR count). The van der Waals surface area contributed by atoms with Crippen molar-refractivity contribution in [3.63, 3.8) is 0 Å². The molecule has 0 unspecified atom stereocenters. The van der Waals surface area contributed by atoms with Gasteiger partial charge in [0.25, 0.3) is 0 Å². The second-order valence-electron chi connectivity index (χ2n) is 6.26. The molecule has 25 heavy (non-hydrogen) atoms. The third-order valence-corrected chi connectivity index (χ3v) is 4.58. The Balaban J connectivity index is 1.58. The minimum absolute atomic E-state index is 0.482. The van der Waals surface area contributed by atoms with Crippen LogP contribution in [0, 0.1) is 6.92 Å². The van der Waals surface area contributed by atoms with Gasteiger partial charge in [-0.1, -0.05) is 23.8 Å². The molecule has 5 heteroatoms. The summed E-state index contributed by atoms with van der Waals surface area (Å²) in [5, 5.41) is 7.85. The van der Waals surface area contributed by atoms with E-state index in [0.29, 0.717) is 5.11 Å². The highest BCUT2D eigenvalue weighted by molar-refractivity contribution is 7.80. The minimum Gasteiger partial charge on any atom is -0.372 e. The molecule has 0 radical (unpaired) electrons. The van der Waals surface area contributed by atoms with Crippen LogP contribution in [0.2, 0.25) is 0 Å². The standard InChI is InChI=1S/C20H24N4S/c1-3-24-12-4-5-17-13-16(8-11-19(17)24)14-21-23-20(25)22-18-9-6-15(2)7-10-18/h6-11,13-14H,3-5,12H2,1-2H3,(H2,22,23,25)/b21-14-. The second-order valence-corrected chi connectivity index (χ2v) is 6.67. The number of thiocarbonyl (C=S) groups is 1. The topological polar surface area (TPSA) is 39.7 Å². The first-order chi connectivity index (χ1) is 12.2. The van der Waals surface area contributed by atoms with Crippen molar-refractivity contribution in [1.29, 1.82) is 0 Å². The fraction of sp³-hybridized carbons (Fsp3) is 0.300. The van der Waals surface area contributed by atoms with Crippen LogP contribution in [-0.2, 0) is 6.42 Å². The van der Waals surface area contributed by atoms with Crippen LogP contribution in [0.15, 0.2) is 47.6 Å². The van der Waals surface area contributed by atoms with Gasteiger partial charge in [-0.2, -0.15) is 5.10 Å². The van der Waals surface area contributed by atoms with E-state index in [1.807, 2.05) is 30.5 Å². The Morgan fingerprint density at radius 3 is 2.80 bits per heavy atom. The van der Waals surface area contributed by atoms with Crippen LogP contribution in [0.25, 0.3) is 0 Å². The van der Waals surface area contributed by atoms with Gasteiger partial charge in [0.2, 0.25) is 0 Å². The van der Waals surface area contributed by atoms with Crippen molar-refractivity contribution >= 4 is 34.9 Å². The molecule has 0 spiro atoms. The van der Waals surface area contributed by atoms with Crippen LogP contribution in [-0.4, -0.2) is 24.4 Å². The normalized spacial score (nSPS) is 13.6. The summed E-state index contributed by atoms with van der Waals surface area (Å²) in [5.74, 6) is 0. The summed E-state index contributed by atoms with van der Waals surface area (Å²) in [5.41, 5.74) is 8.89. The lowest BCUT2D eigenvalue weighted by molar-refractivity contribution is 0.708. The van der Waals surface area contributed by atoms with Crippen LogP contribution in [0.1, 0.15) is 30.0 Å². The fourth-order valence-electron chi connectivity index (χ4n) is 3.07. The molecule has 2 N–H and O–H groups in total. The predicted molar refractivity (Wildman–Crippen MR) is 111 cm³/mol. The van der Waals surface area contributed by atoms with Crippen molar-refractivity contribution in [3.8, 4) is 0 Å². The molecule has 0 aliphatic carbocycles. The van der Waals surface area contributed by atoms with E-state index in [1.54, 1.807) is 0 Å². The predicted octanol–water partition coefficient (Wildman–Crippen LogP) is 4.09. The number of hydrogen-bond acceptors (Lipinski definition) is 3. The Bertz CT molecular complexity index is 768. The van der Waals surface area contributed by atoms with Gasteiger partial charge in [0.05, 0.1) is 6.21 Å². The molecule has 2 aromatic carbocycles. The SMILES string of the molecule is CCN1CCCc2cc(/C=N\NC(=S)Nc3ccc(C)cc3)ccc21. The van der Waals surface area contributed by atoms with E-state index in [1.165, 1.54) is 23.2 Å². The van der Waals surface area contributed by atoms with Gasteiger partial charge < -0.3 is 10.2 Å². The van der Waals surface area contributed by atoms with Crippen molar-refractivity contribution in [2.45, 2.75) is 26.7 Å². The molecule has 1 heterocycles. The first-order valence-electron chi connectivity index (χ1n) is 8.70. The van der Waals surface area contributed by atoms with Crippen molar-refractivity contribution in [1.82, 2.24) is 5.43 Å². The Labute approximate surface area is 154 Å². The highest BCUT2D eigenvalue weighted by Gasteiger charge is 2.15. The van der Waals surface area contributed by atoms with Gasteiger partial charge in [0.15, 0.2) is 5.11 Å². The molecule has 0 saturated carbocycles. The maximum Gasteiger partial charge on any atom is 0.191 e. The molecular formula is C20H24N4S.